The van der Waals surface area contributed by atoms with Crippen molar-refractivity contribution in [2.75, 3.05) is 13.1 Å². The molecule has 0 spiro atoms. The number of pyridine rings is 1. The molecule has 2 heterocycles. The smallest absolute Gasteiger partial charge is 0.391 e. The molecule has 1 aliphatic heterocycles. The second kappa shape index (κ2) is 5.40. The molecule has 1 saturated heterocycles. The predicted octanol–water partition coefficient (Wildman–Crippen LogP) is 2.01. The van der Waals surface area contributed by atoms with E-state index in [2.05, 4.69) is 4.98 Å². The Morgan fingerprint density at radius 2 is 2.15 bits per heavy atom. The molecule has 0 radical (unpaired) electrons. The van der Waals surface area contributed by atoms with Gasteiger partial charge in [-0.15, -0.1) is 0 Å². The number of piperidine rings is 1. The molecule has 0 bridgehead atoms. The topological polar surface area (TPSA) is 53.4 Å². The average Bonchev–Trinajstić information content (AvgIpc) is 2.36. The van der Waals surface area contributed by atoms with Crippen molar-refractivity contribution in [1.82, 2.24) is 9.88 Å². The number of aliphatic hydroxyl groups is 1. The molecule has 0 saturated carbocycles. The highest BCUT2D eigenvalue weighted by molar-refractivity contribution is 5.95. The zero-order chi connectivity index (χ0) is 14.9. The molecule has 110 valence electrons. The second-order valence-electron chi connectivity index (χ2n) is 4.87. The first kappa shape index (κ1) is 14.8. The molecule has 1 aromatic heterocycles. The number of rotatable bonds is 1. The van der Waals surface area contributed by atoms with E-state index in [1.807, 2.05) is 0 Å². The summed E-state index contributed by atoms with van der Waals surface area (Å²) in [5.74, 6) is -0.387. The number of aromatic nitrogens is 1. The summed E-state index contributed by atoms with van der Waals surface area (Å²) in [6.07, 6.45) is -3.78. The van der Waals surface area contributed by atoms with Crippen LogP contribution in [0, 0.1) is 6.92 Å². The molecule has 1 amide bonds. The first-order valence-corrected chi connectivity index (χ1v) is 6.31. The lowest BCUT2D eigenvalue weighted by atomic mass is 10.1. The normalized spacial score (nSPS) is 20.1. The summed E-state index contributed by atoms with van der Waals surface area (Å²) in [5, 5.41) is 9.54. The Labute approximate surface area is 114 Å². The first-order chi connectivity index (χ1) is 9.29. The Hall–Kier alpha value is -1.63. The van der Waals surface area contributed by atoms with Crippen LogP contribution in [0.25, 0.3) is 0 Å². The maximum atomic E-state index is 12.5. The van der Waals surface area contributed by atoms with Gasteiger partial charge in [0.2, 0.25) is 0 Å². The average molecular weight is 288 g/mol. The van der Waals surface area contributed by atoms with E-state index >= 15 is 0 Å². The molecule has 0 unspecified atom stereocenters. The van der Waals surface area contributed by atoms with Crippen molar-refractivity contribution < 1.29 is 23.1 Å². The second-order valence-corrected chi connectivity index (χ2v) is 4.87. The molecule has 1 N–H and O–H groups in total. The number of aliphatic hydroxyl groups excluding tert-OH is 1. The van der Waals surface area contributed by atoms with Gasteiger partial charge in [-0.3, -0.25) is 4.79 Å². The van der Waals surface area contributed by atoms with Crippen LogP contribution in [0.15, 0.2) is 12.1 Å². The summed E-state index contributed by atoms with van der Waals surface area (Å²) in [4.78, 5) is 17.1. The molecule has 20 heavy (non-hydrogen) atoms. The number of alkyl halides is 3. The highest BCUT2D eigenvalue weighted by Crippen LogP contribution is 2.28. The van der Waals surface area contributed by atoms with E-state index in [4.69, 9.17) is 0 Å². The molecule has 7 heteroatoms. The van der Waals surface area contributed by atoms with Crippen LogP contribution in [-0.4, -0.2) is 40.1 Å². The zero-order valence-corrected chi connectivity index (χ0v) is 10.9. The molecule has 0 aromatic carbocycles. The van der Waals surface area contributed by atoms with Gasteiger partial charge in [0.1, 0.15) is 5.69 Å². The lowest BCUT2D eigenvalue weighted by Crippen LogP contribution is -2.42. The van der Waals surface area contributed by atoms with Gasteiger partial charge in [0.05, 0.1) is 17.4 Å². The summed E-state index contributed by atoms with van der Waals surface area (Å²) in [7, 11) is 0. The van der Waals surface area contributed by atoms with Crippen molar-refractivity contribution in [2.24, 2.45) is 0 Å². The summed E-state index contributed by atoms with van der Waals surface area (Å²) in [6, 6.07) is 1.95. The number of β-amino-alcohol motifs (C(OH)–C–C–N with tert-alkyl or cyclic N) is 1. The van der Waals surface area contributed by atoms with Crippen LogP contribution < -0.4 is 0 Å². The monoisotopic (exact) mass is 288 g/mol. The maximum absolute atomic E-state index is 12.5. The van der Waals surface area contributed by atoms with E-state index in [1.165, 1.54) is 11.8 Å². The highest BCUT2D eigenvalue weighted by atomic mass is 19.4. The van der Waals surface area contributed by atoms with Gasteiger partial charge in [-0.25, -0.2) is 4.98 Å². The minimum absolute atomic E-state index is 0.0462. The van der Waals surface area contributed by atoms with E-state index in [9.17, 15) is 23.1 Å². The fourth-order valence-electron chi connectivity index (χ4n) is 2.25. The van der Waals surface area contributed by atoms with Crippen LogP contribution in [0.5, 0.6) is 0 Å². The predicted molar refractivity (Wildman–Crippen MR) is 65.1 cm³/mol. The van der Waals surface area contributed by atoms with E-state index in [0.717, 1.165) is 12.1 Å². The lowest BCUT2D eigenvalue weighted by Gasteiger charge is -2.30. The lowest BCUT2D eigenvalue weighted by molar-refractivity contribution is -0.141. The van der Waals surface area contributed by atoms with Gasteiger partial charge in [-0.2, -0.15) is 13.2 Å². The number of likely N-dealkylation sites (tertiary alicyclic amines) is 1. The standard InChI is InChI=1S/C13H15F3N2O2/c1-8-10(4-5-11(17-8)13(14,15)16)12(20)18-6-2-3-9(19)7-18/h4-5,9,19H,2-3,6-7H2,1H3/t9-/m1/s1. The number of amides is 1. The summed E-state index contributed by atoms with van der Waals surface area (Å²) in [5.41, 5.74) is -0.817. The molecule has 1 fully saturated rings. The van der Waals surface area contributed by atoms with E-state index in [0.29, 0.717) is 19.4 Å². The van der Waals surface area contributed by atoms with Crippen molar-refractivity contribution in [3.8, 4) is 0 Å². The Bertz CT molecular complexity index is 517. The van der Waals surface area contributed by atoms with Crippen LogP contribution in [0.4, 0.5) is 13.2 Å². The number of carbonyl (C=O) groups is 1. The summed E-state index contributed by atoms with van der Waals surface area (Å²) >= 11 is 0. The van der Waals surface area contributed by atoms with E-state index < -0.39 is 18.0 Å². The van der Waals surface area contributed by atoms with Gasteiger partial charge >= 0.3 is 6.18 Å². The fraction of sp³-hybridized carbons (Fsp3) is 0.538. The number of carbonyl (C=O) groups excluding carboxylic acids is 1. The van der Waals surface area contributed by atoms with Crippen molar-refractivity contribution in [1.29, 1.82) is 0 Å². The number of aryl methyl sites for hydroxylation is 1. The van der Waals surface area contributed by atoms with Gasteiger partial charge in [0.25, 0.3) is 5.91 Å². The minimum Gasteiger partial charge on any atom is -0.391 e. The summed E-state index contributed by atoms with van der Waals surface area (Å²) < 4.78 is 37.5. The number of hydrogen-bond donors (Lipinski definition) is 1. The van der Waals surface area contributed by atoms with Crippen LogP contribution in [0.1, 0.15) is 34.6 Å². The third-order valence-corrected chi connectivity index (χ3v) is 3.29. The van der Waals surface area contributed by atoms with Crippen molar-refractivity contribution in [3.05, 3.63) is 29.1 Å². The van der Waals surface area contributed by atoms with Gasteiger partial charge in [-0.05, 0) is 31.9 Å². The minimum atomic E-state index is -4.52. The number of halogens is 3. The third kappa shape index (κ3) is 3.09. The molecule has 1 atom stereocenters. The van der Waals surface area contributed by atoms with Crippen molar-refractivity contribution in [2.45, 2.75) is 32.0 Å². The Morgan fingerprint density at radius 3 is 2.70 bits per heavy atom. The van der Waals surface area contributed by atoms with Gasteiger partial charge in [-0.1, -0.05) is 0 Å². The quantitative estimate of drug-likeness (QED) is 0.860. The Morgan fingerprint density at radius 1 is 1.45 bits per heavy atom. The molecule has 1 aromatic rings. The Balaban J connectivity index is 2.22. The van der Waals surface area contributed by atoms with E-state index in [-0.39, 0.29) is 23.7 Å². The van der Waals surface area contributed by atoms with Gasteiger partial charge in [0.15, 0.2) is 0 Å². The van der Waals surface area contributed by atoms with Crippen LogP contribution in [0.2, 0.25) is 0 Å². The molecular weight excluding hydrogens is 273 g/mol. The molecule has 4 nitrogen and oxygen atoms in total. The van der Waals surface area contributed by atoms with Gasteiger partial charge < -0.3 is 10.0 Å². The number of nitrogens with zero attached hydrogens (tertiary/aromatic N) is 2. The number of hydrogen-bond acceptors (Lipinski definition) is 3. The largest absolute Gasteiger partial charge is 0.433 e. The van der Waals surface area contributed by atoms with E-state index in [1.54, 1.807) is 0 Å². The van der Waals surface area contributed by atoms with Crippen molar-refractivity contribution in [3.63, 3.8) is 0 Å². The molecule has 1 aliphatic rings. The molecular formula is C13H15F3N2O2. The van der Waals surface area contributed by atoms with Crippen molar-refractivity contribution >= 4 is 5.91 Å². The Kier molecular flexibility index (Phi) is 3.99. The molecule has 0 aliphatic carbocycles. The van der Waals surface area contributed by atoms with Crippen LogP contribution in [-0.2, 0) is 6.18 Å². The van der Waals surface area contributed by atoms with Crippen LogP contribution >= 0.6 is 0 Å². The fourth-order valence-corrected chi connectivity index (χ4v) is 2.25. The SMILES string of the molecule is Cc1nc(C(F)(F)F)ccc1C(=O)N1CCC[C@@H](O)C1. The van der Waals surface area contributed by atoms with Crippen LogP contribution in [0.3, 0.4) is 0 Å². The highest BCUT2D eigenvalue weighted by Gasteiger charge is 2.33. The zero-order valence-electron chi connectivity index (χ0n) is 10.9. The third-order valence-electron chi connectivity index (χ3n) is 3.29. The first-order valence-electron chi connectivity index (χ1n) is 6.31. The molecule has 2 rings (SSSR count). The maximum Gasteiger partial charge on any atom is 0.433 e. The summed E-state index contributed by atoms with van der Waals surface area (Å²) in [6.45, 7) is 2.08. The van der Waals surface area contributed by atoms with Gasteiger partial charge in [0, 0.05) is 13.1 Å².